The van der Waals surface area contributed by atoms with Crippen molar-refractivity contribution in [1.29, 1.82) is 0 Å². The minimum Gasteiger partial charge on any atom is -0.340 e. The predicted molar refractivity (Wildman–Crippen MR) is 90.1 cm³/mol. The zero-order valence-corrected chi connectivity index (χ0v) is 12.8. The highest BCUT2D eigenvalue weighted by Crippen LogP contribution is 2.30. The van der Waals surface area contributed by atoms with Crippen molar-refractivity contribution in [3.05, 3.63) is 71.4 Å². The molecule has 0 aliphatic carbocycles. The fourth-order valence-corrected chi connectivity index (χ4v) is 3.08. The summed E-state index contributed by atoms with van der Waals surface area (Å²) < 4.78 is 2.33. The molecule has 1 aromatic heterocycles. The summed E-state index contributed by atoms with van der Waals surface area (Å²) in [5, 5.41) is 5.18. The monoisotopic (exact) mass is 298 g/mol. The molecule has 3 rings (SSSR count). The molecule has 0 aliphatic rings. The van der Waals surface area contributed by atoms with Crippen LogP contribution in [0, 0.1) is 0 Å². The van der Waals surface area contributed by atoms with E-state index < -0.39 is 0 Å². The van der Waals surface area contributed by atoms with E-state index >= 15 is 0 Å². The van der Waals surface area contributed by atoms with Gasteiger partial charge in [-0.05, 0) is 43.8 Å². The van der Waals surface area contributed by atoms with E-state index in [4.69, 9.17) is 11.6 Å². The minimum atomic E-state index is 0.314. The van der Waals surface area contributed by atoms with Crippen molar-refractivity contribution in [2.45, 2.75) is 12.5 Å². The van der Waals surface area contributed by atoms with Crippen molar-refractivity contribution in [3.8, 4) is 0 Å². The summed E-state index contributed by atoms with van der Waals surface area (Å²) in [5.41, 5.74) is 2.51. The summed E-state index contributed by atoms with van der Waals surface area (Å²) in [5.74, 6) is 0. The van der Waals surface area contributed by atoms with Gasteiger partial charge in [0.25, 0.3) is 0 Å². The van der Waals surface area contributed by atoms with Crippen molar-refractivity contribution in [2.24, 2.45) is 0 Å². The van der Waals surface area contributed by atoms with Crippen LogP contribution in [0.15, 0.2) is 60.8 Å². The van der Waals surface area contributed by atoms with Crippen molar-refractivity contribution in [2.75, 3.05) is 13.6 Å². The first-order valence-electron chi connectivity index (χ1n) is 7.26. The molecule has 0 aliphatic heterocycles. The lowest BCUT2D eigenvalue weighted by atomic mass is 10.0. The second-order valence-corrected chi connectivity index (χ2v) is 5.62. The Kier molecular flexibility index (Phi) is 4.28. The molecule has 0 saturated heterocycles. The SMILES string of the molecule is CNCC[C@@H](c1ccccc1)n1ccc2c(Cl)cccc21. The van der Waals surface area contributed by atoms with Crippen molar-refractivity contribution < 1.29 is 0 Å². The van der Waals surface area contributed by atoms with E-state index in [9.17, 15) is 0 Å². The lowest BCUT2D eigenvalue weighted by Gasteiger charge is -2.21. The highest BCUT2D eigenvalue weighted by atomic mass is 35.5. The number of fused-ring (bicyclic) bond motifs is 1. The number of nitrogens with zero attached hydrogens (tertiary/aromatic N) is 1. The third-order valence-corrected chi connectivity index (χ3v) is 4.23. The van der Waals surface area contributed by atoms with Crippen LogP contribution in [-0.4, -0.2) is 18.2 Å². The molecule has 0 unspecified atom stereocenters. The number of hydrogen-bond donors (Lipinski definition) is 1. The quantitative estimate of drug-likeness (QED) is 0.734. The van der Waals surface area contributed by atoms with E-state index in [2.05, 4.69) is 58.5 Å². The Morgan fingerprint density at radius 2 is 1.86 bits per heavy atom. The molecule has 3 aromatic rings. The van der Waals surface area contributed by atoms with Gasteiger partial charge in [0.2, 0.25) is 0 Å². The lowest BCUT2D eigenvalue weighted by Crippen LogP contribution is -2.17. The molecule has 0 spiro atoms. The van der Waals surface area contributed by atoms with Crippen LogP contribution in [0.3, 0.4) is 0 Å². The van der Waals surface area contributed by atoms with E-state index in [1.807, 2.05) is 19.2 Å². The Labute approximate surface area is 130 Å². The highest BCUT2D eigenvalue weighted by Gasteiger charge is 2.15. The summed E-state index contributed by atoms with van der Waals surface area (Å²) in [6.07, 6.45) is 3.18. The van der Waals surface area contributed by atoms with E-state index in [-0.39, 0.29) is 0 Å². The summed E-state index contributed by atoms with van der Waals surface area (Å²) >= 11 is 6.30. The van der Waals surface area contributed by atoms with Crippen molar-refractivity contribution in [1.82, 2.24) is 9.88 Å². The third-order valence-electron chi connectivity index (χ3n) is 3.90. The largest absolute Gasteiger partial charge is 0.340 e. The van der Waals surface area contributed by atoms with E-state index in [0.29, 0.717) is 6.04 Å². The number of aromatic nitrogens is 1. The van der Waals surface area contributed by atoms with Crippen molar-refractivity contribution >= 4 is 22.5 Å². The van der Waals surface area contributed by atoms with E-state index in [1.54, 1.807) is 0 Å². The number of benzene rings is 2. The number of halogens is 1. The molecule has 3 heteroatoms. The van der Waals surface area contributed by atoms with Gasteiger partial charge in [0.05, 0.1) is 11.6 Å². The Morgan fingerprint density at radius 1 is 1.05 bits per heavy atom. The Morgan fingerprint density at radius 3 is 2.62 bits per heavy atom. The maximum atomic E-state index is 6.30. The summed E-state index contributed by atoms with van der Waals surface area (Å²) in [4.78, 5) is 0. The fourth-order valence-electron chi connectivity index (χ4n) is 2.85. The minimum absolute atomic E-state index is 0.314. The Hall–Kier alpha value is -1.77. The van der Waals surface area contributed by atoms with Gasteiger partial charge in [-0.1, -0.05) is 48.0 Å². The highest BCUT2D eigenvalue weighted by molar-refractivity contribution is 6.35. The molecule has 0 fully saturated rings. The second-order valence-electron chi connectivity index (χ2n) is 5.21. The molecule has 21 heavy (non-hydrogen) atoms. The molecule has 1 atom stereocenters. The Balaban J connectivity index is 2.08. The van der Waals surface area contributed by atoms with Crippen LogP contribution in [0.1, 0.15) is 18.0 Å². The zero-order valence-electron chi connectivity index (χ0n) is 12.1. The molecule has 0 saturated carbocycles. The van der Waals surface area contributed by atoms with Gasteiger partial charge in [-0.15, -0.1) is 0 Å². The van der Waals surface area contributed by atoms with Gasteiger partial charge < -0.3 is 9.88 Å². The Bertz CT molecular complexity index is 718. The first-order chi connectivity index (χ1) is 10.3. The average Bonchev–Trinajstić information content (AvgIpc) is 2.94. The summed E-state index contributed by atoms with van der Waals surface area (Å²) in [6.45, 7) is 0.972. The molecule has 1 N–H and O–H groups in total. The van der Waals surface area contributed by atoms with Gasteiger partial charge in [-0.25, -0.2) is 0 Å². The molecule has 2 aromatic carbocycles. The van der Waals surface area contributed by atoms with Crippen LogP contribution < -0.4 is 5.32 Å². The van der Waals surface area contributed by atoms with Gasteiger partial charge in [0.1, 0.15) is 0 Å². The first kappa shape index (κ1) is 14.2. The van der Waals surface area contributed by atoms with Crippen molar-refractivity contribution in [3.63, 3.8) is 0 Å². The van der Waals surface area contributed by atoms with Gasteiger partial charge >= 0.3 is 0 Å². The summed E-state index contributed by atoms with van der Waals surface area (Å²) in [7, 11) is 1.99. The maximum Gasteiger partial charge on any atom is 0.0598 e. The predicted octanol–water partition coefficient (Wildman–Crippen LogP) is 4.49. The molecule has 0 bridgehead atoms. The molecular formula is C18H19ClN2. The molecule has 0 amide bonds. The van der Waals surface area contributed by atoms with E-state index in [1.165, 1.54) is 11.1 Å². The first-order valence-corrected chi connectivity index (χ1v) is 7.63. The third kappa shape index (κ3) is 2.82. The van der Waals surface area contributed by atoms with Crippen LogP contribution in [0.5, 0.6) is 0 Å². The lowest BCUT2D eigenvalue weighted by molar-refractivity contribution is 0.539. The second kappa shape index (κ2) is 6.33. The molecule has 108 valence electrons. The summed E-state index contributed by atoms with van der Waals surface area (Å²) in [6, 6.07) is 19.1. The van der Waals surface area contributed by atoms with Gasteiger partial charge in [-0.3, -0.25) is 0 Å². The fraction of sp³-hybridized carbons (Fsp3) is 0.222. The van der Waals surface area contributed by atoms with Crippen LogP contribution >= 0.6 is 11.6 Å². The normalized spacial score (nSPS) is 12.7. The molecular weight excluding hydrogens is 280 g/mol. The topological polar surface area (TPSA) is 17.0 Å². The average molecular weight is 299 g/mol. The van der Waals surface area contributed by atoms with Crippen LogP contribution in [0.25, 0.3) is 10.9 Å². The smallest absolute Gasteiger partial charge is 0.0598 e. The molecule has 2 nitrogen and oxygen atoms in total. The molecule has 0 radical (unpaired) electrons. The maximum absolute atomic E-state index is 6.30. The van der Waals surface area contributed by atoms with Gasteiger partial charge in [0.15, 0.2) is 0 Å². The van der Waals surface area contributed by atoms with Crippen LogP contribution in [0.4, 0.5) is 0 Å². The molecule has 1 heterocycles. The zero-order chi connectivity index (χ0) is 14.7. The van der Waals surface area contributed by atoms with Gasteiger partial charge in [-0.2, -0.15) is 0 Å². The van der Waals surface area contributed by atoms with E-state index in [0.717, 1.165) is 23.4 Å². The number of nitrogens with one attached hydrogen (secondary N) is 1. The number of rotatable bonds is 5. The van der Waals surface area contributed by atoms with Gasteiger partial charge in [0, 0.05) is 16.6 Å². The van der Waals surface area contributed by atoms with Crippen LogP contribution in [-0.2, 0) is 0 Å². The standard InChI is InChI=1S/C18H19ClN2/c1-20-12-10-17(14-6-3-2-4-7-14)21-13-11-15-16(19)8-5-9-18(15)21/h2-9,11,13,17,20H,10,12H2,1H3/t17-/m0/s1. The van der Waals surface area contributed by atoms with Crippen LogP contribution in [0.2, 0.25) is 5.02 Å². The number of hydrogen-bond acceptors (Lipinski definition) is 1.